The second kappa shape index (κ2) is 12.6. The maximum absolute atomic E-state index is 6.80. The highest BCUT2D eigenvalue weighted by Crippen LogP contribution is 2.45. The molecule has 0 unspecified atom stereocenters. The number of rotatable bonds is 5. The second-order valence-corrected chi connectivity index (χ2v) is 13.9. The molecule has 0 bridgehead atoms. The second-order valence-electron chi connectivity index (χ2n) is 13.9. The summed E-state index contributed by atoms with van der Waals surface area (Å²) in [5.74, 6) is 1.82. The molecule has 9 aromatic carbocycles. The van der Waals surface area contributed by atoms with Crippen molar-refractivity contribution in [2.75, 3.05) is 0 Å². The fourth-order valence-electron chi connectivity index (χ4n) is 8.21. The van der Waals surface area contributed by atoms with Crippen LogP contribution in [0, 0.1) is 0 Å². The Labute approximate surface area is 317 Å². The molecule has 11 aromatic rings. The van der Waals surface area contributed by atoms with Gasteiger partial charge in [0.25, 0.3) is 0 Å². The first-order valence-electron chi connectivity index (χ1n) is 18.5. The first-order valence-corrected chi connectivity index (χ1v) is 18.5. The maximum atomic E-state index is 6.80. The highest BCUT2D eigenvalue weighted by molar-refractivity contribution is 6.23. The summed E-state index contributed by atoms with van der Waals surface area (Å²) in [7, 11) is 0. The Hall–Kier alpha value is -7.43. The van der Waals surface area contributed by atoms with E-state index in [1.54, 1.807) is 0 Å². The van der Waals surface area contributed by atoms with Crippen LogP contribution in [0.2, 0.25) is 0 Å². The normalized spacial score (nSPS) is 11.6. The highest BCUT2D eigenvalue weighted by atomic mass is 16.3. The Balaban J connectivity index is 1.22. The van der Waals surface area contributed by atoms with E-state index >= 15 is 0 Å². The summed E-state index contributed by atoms with van der Waals surface area (Å²) in [6, 6.07) is 65.6. The van der Waals surface area contributed by atoms with Gasteiger partial charge in [0.2, 0.25) is 0 Å². The third-order valence-electron chi connectivity index (χ3n) is 10.7. The number of aromatic nitrogens is 3. The number of furan rings is 1. The lowest BCUT2D eigenvalue weighted by Gasteiger charge is -2.15. The molecule has 55 heavy (non-hydrogen) atoms. The maximum Gasteiger partial charge on any atom is 0.164 e. The van der Waals surface area contributed by atoms with Crippen LogP contribution in [-0.4, -0.2) is 15.0 Å². The molecule has 0 N–H and O–H groups in total. The molecular formula is C51H31N3O. The van der Waals surface area contributed by atoms with Gasteiger partial charge in [0.1, 0.15) is 11.2 Å². The minimum atomic E-state index is 0.588. The summed E-state index contributed by atoms with van der Waals surface area (Å²) in [6.07, 6.45) is 0. The Morgan fingerprint density at radius 3 is 1.69 bits per heavy atom. The molecule has 0 saturated heterocycles. The van der Waals surface area contributed by atoms with Crippen molar-refractivity contribution in [2.24, 2.45) is 0 Å². The van der Waals surface area contributed by atoms with Crippen molar-refractivity contribution in [3.63, 3.8) is 0 Å². The van der Waals surface area contributed by atoms with Crippen molar-refractivity contribution in [1.29, 1.82) is 0 Å². The average Bonchev–Trinajstić information content (AvgIpc) is 3.66. The molecule has 11 rings (SSSR count). The third kappa shape index (κ3) is 5.11. The number of hydrogen-bond donors (Lipinski definition) is 0. The van der Waals surface area contributed by atoms with Crippen LogP contribution in [0.4, 0.5) is 0 Å². The Bertz CT molecular complexity index is 3260. The van der Waals surface area contributed by atoms with Crippen molar-refractivity contribution in [3.8, 4) is 56.4 Å². The van der Waals surface area contributed by atoms with Gasteiger partial charge in [-0.05, 0) is 67.9 Å². The minimum Gasteiger partial charge on any atom is -0.455 e. The van der Waals surface area contributed by atoms with Gasteiger partial charge in [-0.15, -0.1) is 0 Å². The van der Waals surface area contributed by atoms with Gasteiger partial charge in [-0.25, -0.2) is 15.0 Å². The standard InChI is InChI=1S/C51H31N3O/c1-3-15-32(16-4-1)36-21-11-12-24-39(36)41-29-30-43(47-42-25-13-14-26-45(42)55-48(41)47)50-52-49(34-18-5-2-6-19-34)53-51(54-50)44-31-35-20-8-9-22-37(35)40-28-27-33-17-7-10-23-38(33)46(40)44/h1-31H. The third-order valence-corrected chi connectivity index (χ3v) is 10.7. The van der Waals surface area contributed by atoms with E-state index in [1.165, 1.54) is 16.2 Å². The smallest absolute Gasteiger partial charge is 0.164 e. The monoisotopic (exact) mass is 701 g/mol. The van der Waals surface area contributed by atoms with Crippen molar-refractivity contribution in [1.82, 2.24) is 15.0 Å². The predicted molar refractivity (Wildman–Crippen MR) is 227 cm³/mol. The average molecular weight is 702 g/mol. The summed E-state index contributed by atoms with van der Waals surface area (Å²) in [6.45, 7) is 0. The molecule has 0 aliphatic heterocycles. The lowest BCUT2D eigenvalue weighted by atomic mass is 9.92. The zero-order chi connectivity index (χ0) is 36.3. The summed E-state index contributed by atoms with van der Waals surface area (Å²) in [5.41, 5.74) is 8.78. The van der Waals surface area contributed by atoms with E-state index < -0.39 is 0 Å². The van der Waals surface area contributed by atoms with E-state index in [1.807, 2.05) is 36.4 Å². The number of fused-ring (bicyclic) bond motifs is 8. The van der Waals surface area contributed by atoms with Crippen LogP contribution in [-0.2, 0) is 0 Å². The van der Waals surface area contributed by atoms with Gasteiger partial charge in [0, 0.05) is 38.4 Å². The van der Waals surface area contributed by atoms with Gasteiger partial charge < -0.3 is 4.42 Å². The number of nitrogens with zero attached hydrogens (tertiary/aromatic N) is 3. The molecule has 0 aliphatic rings. The molecule has 2 aromatic heterocycles. The van der Waals surface area contributed by atoms with E-state index in [0.29, 0.717) is 17.5 Å². The molecular weight excluding hydrogens is 671 g/mol. The number of benzene rings is 9. The van der Waals surface area contributed by atoms with Gasteiger partial charge in [-0.1, -0.05) is 164 Å². The van der Waals surface area contributed by atoms with E-state index in [9.17, 15) is 0 Å². The summed E-state index contributed by atoms with van der Waals surface area (Å²) >= 11 is 0. The molecule has 256 valence electrons. The Kier molecular flexibility index (Phi) is 7.14. The fourth-order valence-corrected chi connectivity index (χ4v) is 8.21. The summed E-state index contributed by atoms with van der Waals surface area (Å²) in [5, 5.41) is 8.93. The van der Waals surface area contributed by atoms with E-state index in [0.717, 1.165) is 77.0 Å². The molecule has 0 aliphatic carbocycles. The fraction of sp³-hybridized carbons (Fsp3) is 0. The van der Waals surface area contributed by atoms with Crippen LogP contribution < -0.4 is 0 Å². The Morgan fingerprint density at radius 1 is 0.309 bits per heavy atom. The summed E-state index contributed by atoms with van der Waals surface area (Å²) in [4.78, 5) is 15.9. The lowest BCUT2D eigenvalue weighted by molar-refractivity contribution is 0.670. The molecule has 0 spiro atoms. The van der Waals surface area contributed by atoms with E-state index in [4.69, 9.17) is 19.4 Å². The van der Waals surface area contributed by atoms with Gasteiger partial charge in [0.15, 0.2) is 17.5 Å². The molecule has 4 heteroatoms. The highest BCUT2D eigenvalue weighted by Gasteiger charge is 2.23. The quantitative estimate of drug-likeness (QED) is 0.168. The van der Waals surface area contributed by atoms with Crippen LogP contribution in [0.15, 0.2) is 192 Å². The molecule has 0 radical (unpaired) electrons. The molecule has 0 atom stereocenters. The first kappa shape index (κ1) is 31.1. The van der Waals surface area contributed by atoms with Crippen molar-refractivity contribution in [2.45, 2.75) is 0 Å². The van der Waals surface area contributed by atoms with Crippen LogP contribution in [0.3, 0.4) is 0 Å². The van der Waals surface area contributed by atoms with Crippen molar-refractivity contribution in [3.05, 3.63) is 188 Å². The van der Waals surface area contributed by atoms with Crippen molar-refractivity contribution < 1.29 is 4.42 Å². The lowest BCUT2D eigenvalue weighted by Crippen LogP contribution is -2.01. The van der Waals surface area contributed by atoms with E-state index in [2.05, 4.69) is 152 Å². The number of para-hydroxylation sites is 1. The molecule has 0 fully saturated rings. The van der Waals surface area contributed by atoms with E-state index in [-0.39, 0.29) is 0 Å². The zero-order valence-electron chi connectivity index (χ0n) is 29.6. The molecule has 4 nitrogen and oxygen atoms in total. The van der Waals surface area contributed by atoms with Gasteiger partial charge in [-0.3, -0.25) is 0 Å². The van der Waals surface area contributed by atoms with Crippen LogP contribution in [0.5, 0.6) is 0 Å². The molecule has 2 heterocycles. The van der Waals surface area contributed by atoms with Crippen molar-refractivity contribution >= 4 is 54.3 Å². The molecule has 0 amide bonds. The van der Waals surface area contributed by atoms with Gasteiger partial charge in [-0.2, -0.15) is 0 Å². The van der Waals surface area contributed by atoms with Gasteiger partial charge >= 0.3 is 0 Å². The van der Waals surface area contributed by atoms with Crippen LogP contribution in [0.1, 0.15) is 0 Å². The van der Waals surface area contributed by atoms with Gasteiger partial charge in [0.05, 0.1) is 0 Å². The van der Waals surface area contributed by atoms with Crippen LogP contribution >= 0.6 is 0 Å². The number of hydrogen-bond acceptors (Lipinski definition) is 4. The Morgan fingerprint density at radius 2 is 0.891 bits per heavy atom. The largest absolute Gasteiger partial charge is 0.455 e. The SMILES string of the molecule is c1ccc(-c2nc(-c3ccc(-c4ccccc4-c4ccccc4)c4oc5ccccc5c34)nc(-c3cc4ccccc4c4ccc5ccccc5c34)n2)cc1. The zero-order valence-corrected chi connectivity index (χ0v) is 29.6. The predicted octanol–water partition coefficient (Wildman–Crippen LogP) is 13.6. The topological polar surface area (TPSA) is 51.8 Å². The first-order chi connectivity index (χ1) is 27.3. The minimum absolute atomic E-state index is 0.588. The molecule has 0 saturated carbocycles. The summed E-state index contributed by atoms with van der Waals surface area (Å²) < 4.78 is 6.80. The van der Waals surface area contributed by atoms with Crippen LogP contribution in [0.25, 0.3) is 111 Å².